The van der Waals surface area contributed by atoms with Crippen molar-refractivity contribution in [2.24, 2.45) is 0 Å². The summed E-state index contributed by atoms with van der Waals surface area (Å²) in [6.07, 6.45) is 3.70. The molecule has 0 bridgehead atoms. The molecule has 1 N–H and O–H groups in total. The fourth-order valence-corrected chi connectivity index (χ4v) is 3.63. The molecule has 3 aromatic rings. The third kappa shape index (κ3) is 4.26. The molecule has 0 aliphatic carbocycles. The molecule has 2 aromatic heterocycles. The Kier molecular flexibility index (Phi) is 6.16. The third-order valence-corrected chi connectivity index (χ3v) is 5.59. The highest BCUT2D eigenvalue weighted by atomic mass is 32.2. The van der Waals surface area contributed by atoms with Gasteiger partial charge in [-0.2, -0.15) is 0 Å². The van der Waals surface area contributed by atoms with E-state index >= 15 is 0 Å². The van der Waals surface area contributed by atoms with Crippen LogP contribution in [-0.4, -0.2) is 38.8 Å². The highest BCUT2D eigenvalue weighted by Gasteiger charge is 2.17. The molecular formula is C21H23N3O3S. The number of hydrogen-bond donors (Lipinski definition) is 1. The highest BCUT2D eigenvalue weighted by molar-refractivity contribution is 7.98. The van der Waals surface area contributed by atoms with E-state index in [1.165, 1.54) is 4.57 Å². The van der Waals surface area contributed by atoms with Gasteiger partial charge in [-0.3, -0.25) is 24.0 Å². The van der Waals surface area contributed by atoms with Gasteiger partial charge in [-0.05, 0) is 55.9 Å². The number of nitrogens with zero attached hydrogens (tertiary/aromatic N) is 3. The molecule has 0 fully saturated rings. The first kappa shape index (κ1) is 20.1. The smallest absolute Gasteiger partial charge is 0.323 e. The van der Waals surface area contributed by atoms with E-state index in [0.717, 1.165) is 16.0 Å². The number of aromatic nitrogens is 2. The molecule has 0 saturated carbocycles. The normalized spacial score (nSPS) is 12.4. The van der Waals surface area contributed by atoms with Crippen LogP contribution in [0.1, 0.15) is 24.2 Å². The fourth-order valence-electron chi connectivity index (χ4n) is 3.20. The molecule has 7 heteroatoms. The number of aliphatic carboxylic acids is 1. The van der Waals surface area contributed by atoms with E-state index in [2.05, 4.69) is 4.98 Å². The summed E-state index contributed by atoms with van der Waals surface area (Å²) < 4.78 is 1.35. The summed E-state index contributed by atoms with van der Waals surface area (Å²) in [4.78, 5) is 31.8. The Morgan fingerprint density at radius 2 is 2.07 bits per heavy atom. The van der Waals surface area contributed by atoms with Gasteiger partial charge >= 0.3 is 5.97 Å². The first-order valence-electron chi connectivity index (χ1n) is 8.94. The molecule has 1 atom stereocenters. The van der Waals surface area contributed by atoms with Gasteiger partial charge in [0.2, 0.25) is 0 Å². The second-order valence-corrected chi connectivity index (χ2v) is 7.60. The predicted octanol–water partition coefficient (Wildman–Crippen LogP) is 3.40. The summed E-state index contributed by atoms with van der Waals surface area (Å²) in [5.74, 6) is -1.04. The van der Waals surface area contributed by atoms with Gasteiger partial charge in [0.05, 0.1) is 11.2 Å². The number of hydrogen-bond acceptors (Lipinski definition) is 5. The summed E-state index contributed by atoms with van der Waals surface area (Å²) in [5.41, 5.74) is 1.86. The lowest BCUT2D eigenvalue weighted by atomic mass is 10.1. The Labute approximate surface area is 167 Å². The van der Waals surface area contributed by atoms with Crippen LogP contribution in [0.4, 0.5) is 0 Å². The quantitative estimate of drug-likeness (QED) is 0.616. The number of rotatable bonds is 7. The molecule has 0 spiro atoms. The van der Waals surface area contributed by atoms with Crippen molar-refractivity contribution < 1.29 is 9.90 Å². The van der Waals surface area contributed by atoms with Crippen LogP contribution in [0.5, 0.6) is 0 Å². The van der Waals surface area contributed by atoms with Crippen molar-refractivity contribution in [2.75, 3.05) is 13.3 Å². The summed E-state index contributed by atoms with van der Waals surface area (Å²) in [7, 11) is 1.93. The van der Waals surface area contributed by atoms with Gasteiger partial charge in [0.25, 0.3) is 5.56 Å². The SMILES string of the molecule is CSc1ccc2cc(CN(C)C(C)c3ccccn3)c(=O)n(CC(=O)O)c2c1. The van der Waals surface area contributed by atoms with Crippen molar-refractivity contribution in [3.63, 3.8) is 0 Å². The molecule has 2 heterocycles. The van der Waals surface area contributed by atoms with Crippen molar-refractivity contribution in [3.05, 3.63) is 70.3 Å². The lowest BCUT2D eigenvalue weighted by Crippen LogP contribution is -2.31. The zero-order valence-corrected chi connectivity index (χ0v) is 16.9. The predicted molar refractivity (Wildman–Crippen MR) is 112 cm³/mol. The molecule has 0 amide bonds. The van der Waals surface area contributed by atoms with Gasteiger partial charge in [-0.15, -0.1) is 11.8 Å². The maximum Gasteiger partial charge on any atom is 0.323 e. The summed E-state index contributed by atoms with van der Waals surface area (Å²) >= 11 is 1.56. The van der Waals surface area contributed by atoms with Crippen molar-refractivity contribution in [2.45, 2.75) is 31.0 Å². The van der Waals surface area contributed by atoms with Crippen molar-refractivity contribution >= 4 is 28.6 Å². The first-order chi connectivity index (χ1) is 13.4. The highest BCUT2D eigenvalue weighted by Crippen LogP contribution is 2.23. The van der Waals surface area contributed by atoms with E-state index in [0.29, 0.717) is 17.6 Å². The van der Waals surface area contributed by atoms with Gasteiger partial charge in [-0.25, -0.2) is 0 Å². The number of carbonyl (C=O) groups is 1. The van der Waals surface area contributed by atoms with E-state index in [4.69, 9.17) is 0 Å². The van der Waals surface area contributed by atoms with Crippen LogP contribution in [0.15, 0.2) is 58.4 Å². The molecule has 0 aliphatic heterocycles. The van der Waals surface area contributed by atoms with Crippen LogP contribution >= 0.6 is 11.8 Å². The van der Waals surface area contributed by atoms with Crippen LogP contribution in [0.3, 0.4) is 0 Å². The van der Waals surface area contributed by atoms with Crippen LogP contribution < -0.4 is 5.56 Å². The van der Waals surface area contributed by atoms with Gasteiger partial charge in [0.15, 0.2) is 0 Å². The molecule has 3 rings (SSSR count). The fraction of sp³-hybridized carbons (Fsp3) is 0.286. The zero-order valence-electron chi connectivity index (χ0n) is 16.1. The third-order valence-electron chi connectivity index (χ3n) is 4.87. The topological polar surface area (TPSA) is 75.4 Å². The van der Waals surface area contributed by atoms with Crippen molar-refractivity contribution in [3.8, 4) is 0 Å². The van der Waals surface area contributed by atoms with Crippen LogP contribution in [0.25, 0.3) is 10.9 Å². The lowest BCUT2D eigenvalue weighted by Gasteiger charge is -2.24. The van der Waals surface area contributed by atoms with Crippen molar-refractivity contribution in [1.29, 1.82) is 0 Å². The maximum atomic E-state index is 13.1. The average molecular weight is 398 g/mol. The molecule has 0 saturated heterocycles. The first-order valence-corrected chi connectivity index (χ1v) is 10.2. The number of pyridine rings is 2. The van der Waals surface area contributed by atoms with Gasteiger partial charge in [0.1, 0.15) is 6.54 Å². The minimum atomic E-state index is -1.04. The summed E-state index contributed by atoms with van der Waals surface area (Å²) in [5, 5.41) is 10.2. The number of fused-ring (bicyclic) bond motifs is 1. The summed E-state index contributed by atoms with van der Waals surface area (Å²) in [6, 6.07) is 13.4. The Bertz CT molecular complexity index is 1050. The average Bonchev–Trinajstić information content (AvgIpc) is 2.70. The number of carboxylic acids is 1. The molecule has 146 valence electrons. The van der Waals surface area contributed by atoms with Gasteiger partial charge < -0.3 is 5.11 Å². The molecule has 0 radical (unpaired) electrons. The van der Waals surface area contributed by atoms with Gasteiger partial charge in [0, 0.05) is 29.2 Å². The van der Waals surface area contributed by atoms with Crippen LogP contribution in [0.2, 0.25) is 0 Å². The van der Waals surface area contributed by atoms with Gasteiger partial charge in [-0.1, -0.05) is 12.1 Å². The van der Waals surface area contributed by atoms with E-state index in [1.54, 1.807) is 18.0 Å². The van der Waals surface area contributed by atoms with E-state index < -0.39 is 5.97 Å². The monoisotopic (exact) mass is 397 g/mol. The Hall–Kier alpha value is -2.64. The maximum absolute atomic E-state index is 13.1. The minimum absolute atomic E-state index is 0.0167. The number of benzene rings is 1. The Balaban J connectivity index is 2.02. The Morgan fingerprint density at radius 3 is 2.71 bits per heavy atom. The van der Waals surface area contributed by atoms with E-state index in [1.807, 2.05) is 67.6 Å². The molecule has 1 aromatic carbocycles. The number of thioether (sulfide) groups is 1. The van der Waals surface area contributed by atoms with E-state index in [-0.39, 0.29) is 18.1 Å². The molecule has 0 aliphatic rings. The second-order valence-electron chi connectivity index (χ2n) is 6.73. The lowest BCUT2D eigenvalue weighted by molar-refractivity contribution is -0.137. The minimum Gasteiger partial charge on any atom is -0.480 e. The molecule has 28 heavy (non-hydrogen) atoms. The molecule has 6 nitrogen and oxygen atoms in total. The molecule has 1 unspecified atom stereocenters. The van der Waals surface area contributed by atoms with Crippen LogP contribution in [0, 0.1) is 0 Å². The van der Waals surface area contributed by atoms with E-state index in [9.17, 15) is 14.7 Å². The second kappa shape index (κ2) is 8.58. The van der Waals surface area contributed by atoms with Crippen molar-refractivity contribution in [1.82, 2.24) is 14.5 Å². The zero-order chi connectivity index (χ0) is 20.3. The standard InChI is InChI=1S/C21H23N3O3S/c1-14(18-6-4-5-9-22-18)23(2)12-16-10-15-7-8-17(28-3)11-19(15)24(21(16)27)13-20(25)26/h4-11,14H,12-13H2,1-3H3,(H,25,26). The van der Waals surface area contributed by atoms with Crippen LogP contribution in [-0.2, 0) is 17.9 Å². The summed E-state index contributed by atoms with van der Waals surface area (Å²) in [6.45, 7) is 2.07. The largest absolute Gasteiger partial charge is 0.480 e. The Morgan fingerprint density at radius 1 is 1.29 bits per heavy atom. The number of carboxylic acid groups (broad SMARTS) is 1. The molecular weight excluding hydrogens is 374 g/mol.